The van der Waals surface area contributed by atoms with E-state index in [1.165, 1.54) is 0 Å². The van der Waals surface area contributed by atoms with Crippen molar-refractivity contribution >= 4 is 11.6 Å². The molecule has 0 atom stereocenters. The van der Waals surface area contributed by atoms with E-state index in [0.29, 0.717) is 6.54 Å². The smallest absolute Gasteiger partial charge is 0.254 e. The van der Waals surface area contributed by atoms with Crippen LogP contribution in [0.5, 0.6) is 0 Å². The summed E-state index contributed by atoms with van der Waals surface area (Å²) in [7, 11) is 1.63. The number of para-hydroxylation sites is 1. The topological polar surface area (TPSA) is 29.5 Å². The predicted octanol–water partition coefficient (Wildman–Crippen LogP) is 4.40. The number of hydrogen-bond donors (Lipinski definition) is 0. The van der Waals surface area contributed by atoms with Gasteiger partial charge in [0.25, 0.3) is 5.91 Å². The summed E-state index contributed by atoms with van der Waals surface area (Å²) in [6, 6.07) is 9.76. The van der Waals surface area contributed by atoms with Crippen LogP contribution in [-0.4, -0.2) is 19.6 Å². The van der Waals surface area contributed by atoms with E-state index in [1.54, 1.807) is 12.0 Å². The third-order valence-electron chi connectivity index (χ3n) is 3.63. The lowest BCUT2D eigenvalue weighted by atomic mass is 10.0. The maximum absolute atomic E-state index is 12.9. The van der Waals surface area contributed by atoms with E-state index in [-0.39, 0.29) is 5.91 Å². The lowest BCUT2D eigenvalue weighted by molar-refractivity contribution is -0.115. The van der Waals surface area contributed by atoms with Crippen molar-refractivity contribution in [1.82, 2.24) is 0 Å². The molecule has 0 unspecified atom stereocenters. The van der Waals surface area contributed by atoms with Crippen molar-refractivity contribution in [3.8, 4) is 0 Å². The molecule has 2 rings (SSSR count). The van der Waals surface area contributed by atoms with E-state index in [4.69, 9.17) is 4.74 Å². The van der Waals surface area contributed by atoms with Crippen molar-refractivity contribution in [3.05, 3.63) is 78.1 Å². The standard InChI is InChI=1S/C20H23NO2/c1-3-4-5-9-15-21(18-12-7-6-8-13-18)20(22)17-11-10-14-19(16-17)23-2/h3-9,12-14,16H,10-11,15H2,1-2H3/b4-3+,9-5+. The van der Waals surface area contributed by atoms with Crippen LogP contribution in [0.4, 0.5) is 5.69 Å². The summed E-state index contributed by atoms with van der Waals surface area (Å²) in [5.74, 6) is 0.793. The largest absolute Gasteiger partial charge is 0.497 e. The highest BCUT2D eigenvalue weighted by Gasteiger charge is 2.20. The first kappa shape index (κ1) is 16.8. The quantitative estimate of drug-likeness (QED) is 0.729. The van der Waals surface area contributed by atoms with Crippen LogP contribution in [0.3, 0.4) is 0 Å². The second-order valence-electron chi connectivity index (χ2n) is 5.22. The fourth-order valence-electron chi connectivity index (χ4n) is 2.43. The van der Waals surface area contributed by atoms with Gasteiger partial charge in [0.2, 0.25) is 0 Å². The van der Waals surface area contributed by atoms with E-state index < -0.39 is 0 Å². The molecular weight excluding hydrogens is 286 g/mol. The van der Waals surface area contributed by atoms with Crippen molar-refractivity contribution in [2.75, 3.05) is 18.6 Å². The Morgan fingerprint density at radius 3 is 2.74 bits per heavy atom. The van der Waals surface area contributed by atoms with Gasteiger partial charge in [0, 0.05) is 17.8 Å². The summed E-state index contributed by atoms with van der Waals surface area (Å²) in [5.41, 5.74) is 1.68. The Bertz CT molecular complexity index is 639. The van der Waals surface area contributed by atoms with Gasteiger partial charge in [-0.2, -0.15) is 0 Å². The minimum atomic E-state index is 0.0315. The fraction of sp³-hybridized carbons (Fsp3) is 0.250. The van der Waals surface area contributed by atoms with Gasteiger partial charge >= 0.3 is 0 Å². The minimum absolute atomic E-state index is 0.0315. The zero-order chi connectivity index (χ0) is 16.5. The van der Waals surface area contributed by atoms with Crippen LogP contribution in [-0.2, 0) is 9.53 Å². The summed E-state index contributed by atoms with van der Waals surface area (Å²) in [6.45, 7) is 2.51. The number of allylic oxidation sites excluding steroid dienone is 5. The molecule has 23 heavy (non-hydrogen) atoms. The van der Waals surface area contributed by atoms with Crippen LogP contribution < -0.4 is 4.90 Å². The van der Waals surface area contributed by atoms with Gasteiger partial charge in [-0.3, -0.25) is 4.79 Å². The molecule has 3 heteroatoms. The van der Waals surface area contributed by atoms with Gasteiger partial charge in [-0.25, -0.2) is 0 Å². The minimum Gasteiger partial charge on any atom is -0.497 e. The molecule has 0 fully saturated rings. The fourth-order valence-corrected chi connectivity index (χ4v) is 2.43. The average Bonchev–Trinajstić information content (AvgIpc) is 2.62. The second-order valence-corrected chi connectivity index (χ2v) is 5.22. The van der Waals surface area contributed by atoms with E-state index >= 15 is 0 Å². The molecule has 0 saturated heterocycles. The number of nitrogens with zero attached hydrogens (tertiary/aromatic N) is 1. The number of benzene rings is 1. The zero-order valence-corrected chi connectivity index (χ0v) is 13.7. The Kier molecular flexibility index (Phi) is 6.42. The van der Waals surface area contributed by atoms with Gasteiger partial charge in [0.1, 0.15) is 5.76 Å². The van der Waals surface area contributed by atoms with Crippen molar-refractivity contribution in [3.63, 3.8) is 0 Å². The number of carbonyl (C=O) groups excluding carboxylic acids is 1. The molecule has 0 radical (unpaired) electrons. The molecule has 1 aromatic carbocycles. The van der Waals surface area contributed by atoms with Crippen molar-refractivity contribution in [2.45, 2.75) is 19.8 Å². The Labute approximate surface area is 138 Å². The highest BCUT2D eigenvalue weighted by atomic mass is 16.5. The molecule has 0 aromatic heterocycles. The average molecular weight is 309 g/mol. The summed E-state index contributed by atoms with van der Waals surface area (Å²) in [6.07, 6.45) is 13.3. The number of methoxy groups -OCH3 is 1. The third-order valence-corrected chi connectivity index (χ3v) is 3.63. The second kappa shape index (κ2) is 8.79. The number of amides is 1. The number of ether oxygens (including phenoxy) is 1. The molecule has 1 aliphatic rings. The molecule has 0 heterocycles. The lowest BCUT2D eigenvalue weighted by Gasteiger charge is -2.24. The van der Waals surface area contributed by atoms with Crippen LogP contribution in [0, 0.1) is 0 Å². The SMILES string of the molecule is C/C=C/C=C/CN(C(=O)C1=CC(OC)=CCC1)c1ccccc1. The van der Waals surface area contributed by atoms with Crippen molar-refractivity contribution in [2.24, 2.45) is 0 Å². The first-order valence-electron chi connectivity index (χ1n) is 7.85. The number of rotatable bonds is 6. The monoisotopic (exact) mass is 309 g/mol. The van der Waals surface area contributed by atoms with Crippen LogP contribution >= 0.6 is 0 Å². The highest BCUT2D eigenvalue weighted by molar-refractivity contribution is 6.06. The molecule has 1 amide bonds. The van der Waals surface area contributed by atoms with Crippen LogP contribution in [0.15, 0.2) is 78.1 Å². The molecule has 1 aromatic rings. The lowest BCUT2D eigenvalue weighted by Crippen LogP contribution is -2.32. The summed E-state index contributed by atoms with van der Waals surface area (Å²) in [5, 5.41) is 0. The van der Waals surface area contributed by atoms with E-state index in [1.807, 2.05) is 73.7 Å². The number of hydrogen-bond acceptors (Lipinski definition) is 2. The molecule has 3 nitrogen and oxygen atoms in total. The normalized spacial score (nSPS) is 14.7. The summed E-state index contributed by atoms with van der Waals surface area (Å²) >= 11 is 0. The van der Waals surface area contributed by atoms with Gasteiger partial charge in [0.05, 0.1) is 7.11 Å². The molecule has 0 bridgehead atoms. The molecule has 1 aliphatic carbocycles. The predicted molar refractivity (Wildman–Crippen MR) is 95.2 cm³/mol. The van der Waals surface area contributed by atoms with Crippen LogP contribution in [0.25, 0.3) is 0 Å². The molecule has 120 valence electrons. The number of carbonyl (C=O) groups is 1. The van der Waals surface area contributed by atoms with Gasteiger partial charge in [-0.15, -0.1) is 0 Å². The molecule has 0 N–H and O–H groups in total. The third kappa shape index (κ3) is 4.71. The van der Waals surface area contributed by atoms with Gasteiger partial charge in [0.15, 0.2) is 0 Å². The summed E-state index contributed by atoms with van der Waals surface area (Å²) in [4.78, 5) is 14.7. The maximum atomic E-state index is 12.9. The van der Waals surface area contributed by atoms with Crippen LogP contribution in [0.2, 0.25) is 0 Å². The highest BCUT2D eigenvalue weighted by Crippen LogP contribution is 2.23. The zero-order valence-electron chi connectivity index (χ0n) is 13.7. The maximum Gasteiger partial charge on any atom is 0.254 e. The number of anilines is 1. The van der Waals surface area contributed by atoms with E-state index in [0.717, 1.165) is 29.9 Å². The summed E-state index contributed by atoms with van der Waals surface area (Å²) < 4.78 is 5.26. The molecule has 0 aliphatic heterocycles. The van der Waals surface area contributed by atoms with Crippen molar-refractivity contribution < 1.29 is 9.53 Å². The molecule has 0 saturated carbocycles. The molecule has 0 spiro atoms. The van der Waals surface area contributed by atoms with E-state index in [9.17, 15) is 4.79 Å². The Hall–Kier alpha value is -2.55. The Balaban J connectivity index is 2.24. The van der Waals surface area contributed by atoms with Gasteiger partial charge < -0.3 is 9.64 Å². The van der Waals surface area contributed by atoms with Crippen molar-refractivity contribution in [1.29, 1.82) is 0 Å². The van der Waals surface area contributed by atoms with E-state index in [2.05, 4.69) is 0 Å². The van der Waals surface area contributed by atoms with Crippen LogP contribution in [0.1, 0.15) is 19.8 Å². The first-order valence-corrected chi connectivity index (χ1v) is 7.85. The van der Waals surface area contributed by atoms with Gasteiger partial charge in [-0.05, 0) is 44.1 Å². The molecular formula is C20H23NO2. The Morgan fingerprint density at radius 2 is 2.04 bits per heavy atom. The first-order chi connectivity index (χ1) is 11.3. The Morgan fingerprint density at radius 1 is 1.26 bits per heavy atom. The van der Waals surface area contributed by atoms with Gasteiger partial charge in [-0.1, -0.05) is 42.5 Å².